The van der Waals surface area contributed by atoms with E-state index in [0.717, 1.165) is 50.3 Å². The number of aliphatic hydroxyl groups is 1. The molecule has 1 saturated heterocycles. The first kappa shape index (κ1) is 18.4. The highest BCUT2D eigenvalue weighted by atomic mass is 19.1. The van der Waals surface area contributed by atoms with E-state index in [1.165, 1.54) is 12.1 Å². The van der Waals surface area contributed by atoms with Crippen molar-refractivity contribution in [3.8, 4) is 5.75 Å². The fourth-order valence-electron chi connectivity index (χ4n) is 4.50. The highest BCUT2D eigenvalue weighted by molar-refractivity contribution is 5.22. The summed E-state index contributed by atoms with van der Waals surface area (Å²) in [6.45, 7) is 5.11. The van der Waals surface area contributed by atoms with E-state index in [0.29, 0.717) is 17.6 Å². The zero-order valence-corrected chi connectivity index (χ0v) is 15.7. The van der Waals surface area contributed by atoms with Crippen LogP contribution in [0.3, 0.4) is 0 Å². The number of benzene rings is 1. The molecule has 1 aliphatic heterocycles. The molecule has 5 heteroatoms. The highest BCUT2D eigenvalue weighted by Crippen LogP contribution is 2.38. The predicted octanol–water partition coefficient (Wildman–Crippen LogP) is 3.22. The van der Waals surface area contributed by atoms with E-state index in [1.54, 1.807) is 12.1 Å². The standard InChI is InChI=1S/C22H27FN2O2/c1-15-3-2-4-19(24-15)9-10-25-13-16-11-21(26)22(12-17(16)14-25)27-20-7-5-18(23)6-8-20/h2-8,16-17,21-22,26H,9-14H2,1H3/t16-,17+,21+,22+/m0/s1. The van der Waals surface area contributed by atoms with E-state index >= 15 is 0 Å². The Morgan fingerprint density at radius 2 is 1.85 bits per heavy atom. The monoisotopic (exact) mass is 370 g/mol. The Bertz CT molecular complexity index is 767. The molecular weight excluding hydrogens is 343 g/mol. The van der Waals surface area contributed by atoms with Crippen molar-refractivity contribution in [1.82, 2.24) is 9.88 Å². The molecule has 0 bridgehead atoms. The molecule has 4 rings (SSSR count). The molecule has 4 atom stereocenters. The zero-order valence-electron chi connectivity index (χ0n) is 15.7. The molecule has 0 radical (unpaired) electrons. The quantitative estimate of drug-likeness (QED) is 0.878. The molecule has 1 aliphatic carbocycles. The summed E-state index contributed by atoms with van der Waals surface area (Å²) in [7, 11) is 0. The van der Waals surface area contributed by atoms with Crippen LogP contribution < -0.4 is 4.74 Å². The van der Waals surface area contributed by atoms with Crippen LogP contribution in [0.1, 0.15) is 24.2 Å². The summed E-state index contributed by atoms with van der Waals surface area (Å²) in [5.41, 5.74) is 2.20. The minimum absolute atomic E-state index is 0.213. The highest BCUT2D eigenvalue weighted by Gasteiger charge is 2.42. The summed E-state index contributed by atoms with van der Waals surface area (Å²) < 4.78 is 19.0. The maximum Gasteiger partial charge on any atom is 0.125 e. The third-order valence-electron chi connectivity index (χ3n) is 5.89. The Hall–Kier alpha value is -1.98. The van der Waals surface area contributed by atoms with Crippen molar-refractivity contribution in [1.29, 1.82) is 0 Å². The first-order valence-corrected chi connectivity index (χ1v) is 9.82. The number of nitrogens with zero attached hydrogens (tertiary/aromatic N) is 2. The van der Waals surface area contributed by atoms with Crippen molar-refractivity contribution in [2.24, 2.45) is 11.8 Å². The van der Waals surface area contributed by atoms with Crippen LogP contribution in [0.4, 0.5) is 4.39 Å². The van der Waals surface area contributed by atoms with Crippen LogP contribution in [0.2, 0.25) is 0 Å². The summed E-state index contributed by atoms with van der Waals surface area (Å²) in [5.74, 6) is 1.42. The number of ether oxygens (including phenoxy) is 1. The molecule has 27 heavy (non-hydrogen) atoms. The number of aliphatic hydroxyl groups excluding tert-OH is 1. The Morgan fingerprint density at radius 3 is 2.59 bits per heavy atom. The molecule has 1 aromatic heterocycles. The molecule has 0 unspecified atom stereocenters. The lowest BCUT2D eigenvalue weighted by Crippen LogP contribution is -2.42. The molecular formula is C22H27FN2O2. The van der Waals surface area contributed by atoms with Gasteiger partial charge in [0.2, 0.25) is 0 Å². The number of likely N-dealkylation sites (tertiary alicyclic amines) is 1. The van der Waals surface area contributed by atoms with Gasteiger partial charge in [0.05, 0.1) is 6.10 Å². The van der Waals surface area contributed by atoms with Crippen LogP contribution in [0.25, 0.3) is 0 Å². The topological polar surface area (TPSA) is 45.6 Å². The number of aryl methyl sites for hydroxylation is 1. The number of pyridine rings is 1. The molecule has 2 heterocycles. The number of hydrogen-bond donors (Lipinski definition) is 1. The van der Waals surface area contributed by atoms with Gasteiger partial charge in [-0.2, -0.15) is 0 Å². The molecule has 4 nitrogen and oxygen atoms in total. The maximum atomic E-state index is 13.1. The van der Waals surface area contributed by atoms with Gasteiger partial charge in [0.1, 0.15) is 17.7 Å². The average Bonchev–Trinajstić information content (AvgIpc) is 3.04. The van der Waals surface area contributed by atoms with Crippen LogP contribution in [0, 0.1) is 24.6 Å². The molecule has 1 saturated carbocycles. The minimum atomic E-state index is -0.463. The summed E-state index contributed by atoms with van der Waals surface area (Å²) in [6.07, 6.45) is 1.90. The maximum absolute atomic E-state index is 13.1. The lowest BCUT2D eigenvalue weighted by molar-refractivity contribution is -0.0231. The number of hydrogen-bond acceptors (Lipinski definition) is 4. The van der Waals surface area contributed by atoms with Crippen molar-refractivity contribution in [3.63, 3.8) is 0 Å². The molecule has 1 aromatic carbocycles. The molecule has 2 fully saturated rings. The molecule has 144 valence electrons. The lowest BCUT2D eigenvalue weighted by Gasteiger charge is -2.35. The van der Waals surface area contributed by atoms with Gasteiger partial charge in [0.25, 0.3) is 0 Å². The zero-order chi connectivity index (χ0) is 18.8. The van der Waals surface area contributed by atoms with Crippen LogP contribution >= 0.6 is 0 Å². The summed E-state index contributed by atoms with van der Waals surface area (Å²) in [4.78, 5) is 7.08. The van der Waals surface area contributed by atoms with Gasteiger partial charge in [-0.25, -0.2) is 4.39 Å². The molecule has 2 aliphatic rings. The van der Waals surface area contributed by atoms with E-state index in [9.17, 15) is 9.50 Å². The summed E-state index contributed by atoms with van der Waals surface area (Å²) in [5, 5.41) is 10.5. The fraction of sp³-hybridized carbons (Fsp3) is 0.500. The molecule has 2 aromatic rings. The first-order chi connectivity index (χ1) is 13.1. The minimum Gasteiger partial charge on any atom is -0.488 e. The van der Waals surface area contributed by atoms with Crippen LogP contribution in [-0.4, -0.2) is 46.8 Å². The smallest absolute Gasteiger partial charge is 0.125 e. The number of halogens is 1. The van der Waals surface area contributed by atoms with E-state index in [4.69, 9.17) is 4.74 Å². The van der Waals surface area contributed by atoms with Gasteiger partial charge in [0.15, 0.2) is 0 Å². The van der Waals surface area contributed by atoms with Gasteiger partial charge in [-0.1, -0.05) is 6.07 Å². The SMILES string of the molecule is Cc1cccc(CCN2C[C@H]3C[C@@H](Oc4ccc(F)cc4)[C@H](O)C[C@H]3C2)n1. The predicted molar refractivity (Wildman–Crippen MR) is 102 cm³/mol. The van der Waals surface area contributed by atoms with Gasteiger partial charge in [-0.05, 0) is 68.0 Å². The van der Waals surface area contributed by atoms with E-state index < -0.39 is 6.10 Å². The normalized spacial score (nSPS) is 28.1. The second kappa shape index (κ2) is 7.95. The molecule has 1 N–H and O–H groups in total. The van der Waals surface area contributed by atoms with E-state index in [-0.39, 0.29) is 11.9 Å². The van der Waals surface area contributed by atoms with Gasteiger partial charge in [-0.15, -0.1) is 0 Å². The van der Waals surface area contributed by atoms with Crippen LogP contribution in [-0.2, 0) is 6.42 Å². The average molecular weight is 370 g/mol. The second-order valence-electron chi connectivity index (χ2n) is 7.95. The van der Waals surface area contributed by atoms with Gasteiger partial charge in [0, 0.05) is 37.4 Å². The van der Waals surface area contributed by atoms with Crippen molar-refractivity contribution in [2.45, 2.75) is 38.4 Å². The van der Waals surface area contributed by atoms with Gasteiger partial charge >= 0.3 is 0 Å². The third kappa shape index (κ3) is 4.47. The summed E-state index contributed by atoms with van der Waals surface area (Å²) >= 11 is 0. The lowest BCUT2D eigenvalue weighted by atomic mass is 9.78. The molecule has 0 spiro atoms. The Balaban J connectivity index is 1.32. The largest absolute Gasteiger partial charge is 0.488 e. The molecule has 0 amide bonds. The number of rotatable bonds is 5. The summed E-state index contributed by atoms with van der Waals surface area (Å²) in [6, 6.07) is 12.2. The van der Waals surface area contributed by atoms with E-state index in [2.05, 4.69) is 22.0 Å². The van der Waals surface area contributed by atoms with Crippen molar-refractivity contribution in [3.05, 3.63) is 59.7 Å². The Morgan fingerprint density at radius 1 is 1.11 bits per heavy atom. The van der Waals surface area contributed by atoms with Crippen molar-refractivity contribution < 1.29 is 14.2 Å². The van der Waals surface area contributed by atoms with Gasteiger partial charge < -0.3 is 14.7 Å². The first-order valence-electron chi connectivity index (χ1n) is 9.82. The second-order valence-corrected chi connectivity index (χ2v) is 7.95. The van der Waals surface area contributed by atoms with Crippen LogP contribution in [0.5, 0.6) is 5.75 Å². The van der Waals surface area contributed by atoms with Crippen LogP contribution in [0.15, 0.2) is 42.5 Å². The van der Waals surface area contributed by atoms with Gasteiger partial charge in [-0.3, -0.25) is 4.98 Å². The van der Waals surface area contributed by atoms with Crippen molar-refractivity contribution >= 4 is 0 Å². The third-order valence-corrected chi connectivity index (χ3v) is 5.89. The Labute approximate surface area is 160 Å². The van der Waals surface area contributed by atoms with Crippen molar-refractivity contribution in [2.75, 3.05) is 19.6 Å². The number of aromatic nitrogens is 1. The number of fused-ring (bicyclic) bond motifs is 1. The fourth-order valence-corrected chi connectivity index (χ4v) is 4.50. The Kier molecular flexibility index (Phi) is 5.41. The van der Waals surface area contributed by atoms with E-state index in [1.807, 2.05) is 13.0 Å².